The van der Waals surface area contributed by atoms with Gasteiger partial charge in [0.1, 0.15) is 11.5 Å². The Bertz CT molecular complexity index is 1850. The van der Waals surface area contributed by atoms with Gasteiger partial charge in [0.15, 0.2) is 5.60 Å². The van der Waals surface area contributed by atoms with Crippen molar-refractivity contribution < 1.29 is 14.3 Å². The lowest BCUT2D eigenvalue weighted by Gasteiger charge is -2.37. The average molecular weight is 661 g/mol. The van der Waals surface area contributed by atoms with Gasteiger partial charge in [-0.2, -0.15) is 0 Å². The van der Waals surface area contributed by atoms with Crippen LogP contribution in [0.3, 0.4) is 0 Å². The maximum absolute atomic E-state index is 13.6. The molecule has 48 heavy (non-hydrogen) atoms. The zero-order chi connectivity index (χ0) is 32.8. The van der Waals surface area contributed by atoms with E-state index in [2.05, 4.69) is 66.5 Å². The Hall–Kier alpha value is -3.96. The van der Waals surface area contributed by atoms with Crippen molar-refractivity contribution >= 4 is 34.6 Å². The van der Waals surface area contributed by atoms with E-state index in [1.165, 1.54) is 75.3 Å². The second-order valence-electron chi connectivity index (χ2n) is 14.0. The largest absolute Gasteiger partial charge is 0.456 e. The molecule has 0 radical (unpaired) electrons. The number of nitrogens with zero attached hydrogens (tertiary/aromatic N) is 1. The number of hydrogen-bond donors (Lipinski definition) is 1. The van der Waals surface area contributed by atoms with Crippen molar-refractivity contribution in [1.29, 1.82) is 0 Å². The first-order valence-corrected chi connectivity index (χ1v) is 18.5. The van der Waals surface area contributed by atoms with Crippen molar-refractivity contribution in [2.24, 2.45) is 0 Å². The Morgan fingerprint density at radius 1 is 0.750 bits per heavy atom. The van der Waals surface area contributed by atoms with Crippen LogP contribution in [0, 0.1) is 0 Å². The van der Waals surface area contributed by atoms with Crippen molar-refractivity contribution in [1.82, 2.24) is 0 Å². The van der Waals surface area contributed by atoms with Gasteiger partial charge in [-0.15, -0.1) is 0 Å². The first kappa shape index (κ1) is 31.3. The minimum Gasteiger partial charge on any atom is -0.456 e. The summed E-state index contributed by atoms with van der Waals surface area (Å²) < 4.78 is 13.2. The molecule has 0 saturated heterocycles. The van der Waals surface area contributed by atoms with Gasteiger partial charge in [0, 0.05) is 53.3 Å². The molecule has 1 atom stereocenters. The molecule has 4 aliphatic rings. The highest BCUT2D eigenvalue weighted by atomic mass is 35.5. The van der Waals surface area contributed by atoms with Crippen LogP contribution in [-0.2, 0) is 10.3 Å². The molecule has 4 aromatic rings. The molecule has 1 spiro atoms. The standard InChI is InChI=1S/C42H45ClN2O3/c1-3-45(4-2)29-22-23-33-38(24-29)47-39-26-35(43)37(25-34(39)42(33)32-20-12-11-18-31(32)41(46)48-42)44-36-21-13-19-30(27-14-7-5-8-15-27)40(36)28-16-9-6-10-17-28/h11-13,18-28,44H,3-10,14-17H2,1-2H3. The molecule has 5 nitrogen and oxygen atoms in total. The number of rotatable bonds is 7. The third-order valence-electron chi connectivity index (χ3n) is 11.4. The van der Waals surface area contributed by atoms with Crippen LogP contribution in [-0.4, -0.2) is 19.1 Å². The molecule has 2 aliphatic carbocycles. The fourth-order valence-electron chi connectivity index (χ4n) is 9.02. The topological polar surface area (TPSA) is 50.8 Å². The number of halogens is 1. The van der Waals surface area contributed by atoms with Gasteiger partial charge in [-0.05, 0) is 92.8 Å². The van der Waals surface area contributed by atoms with Gasteiger partial charge in [-0.25, -0.2) is 4.79 Å². The summed E-state index contributed by atoms with van der Waals surface area (Å²) in [5, 5.41) is 4.41. The summed E-state index contributed by atoms with van der Waals surface area (Å²) in [6.45, 7) is 6.05. The van der Waals surface area contributed by atoms with Crippen molar-refractivity contribution in [3.63, 3.8) is 0 Å². The summed E-state index contributed by atoms with van der Waals surface area (Å²) in [5.41, 5.74) is 7.85. The maximum Gasteiger partial charge on any atom is 0.340 e. The predicted molar refractivity (Wildman–Crippen MR) is 195 cm³/mol. The predicted octanol–water partition coefficient (Wildman–Crippen LogP) is 11.6. The number of carbonyl (C=O) groups excluding carboxylic acids is 1. The molecule has 0 amide bonds. The van der Waals surface area contributed by atoms with Gasteiger partial charge < -0.3 is 19.7 Å². The highest BCUT2D eigenvalue weighted by Gasteiger charge is 2.53. The number of fused-ring (bicyclic) bond motifs is 6. The quantitative estimate of drug-likeness (QED) is 0.200. The number of ether oxygens (including phenoxy) is 2. The third kappa shape index (κ3) is 5.17. The molecule has 8 rings (SSSR count). The van der Waals surface area contributed by atoms with E-state index < -0.39 is 5.60 Å². The lowest BCUT2D eigenvalue weighted by molar-refractivity contribution is 0.0224. The Balaban J connectivity index is 1.27. The van der Waals surface area contributed by atoms with E-state index in [9.17, 15) is 4.79 Å². The molecular weight excluding hydrogens is 616 g/mol. The average Bonchev–Trinajstić information content (AvgIpc) is 3.42. The Labute approximate surface area is 289 Å². The summed E-state index contributed by atoms with van der Waals surface area (Å²) in [6, 6.07) is 24.8. The molecule has 248 valence electrons. The highest BCUT2D eigenvalue weighted by Crippen LogP contribution is 2.58. The van der Waals surface area contributed by atoms with Crippen LogP contribution in [0.15, 0.2) is 72.8 Å². The molecule has 6 heteroatoms. The smallest absolute Gasteiger partial charge is 0.340 e. The van der Waals surface area contributed by atoms with Gasteiger partial charge in [-0.1, -0.05) is 80.5 Å². The van der Waals surface area contributed by atoms with E-state index in [0.29, 0.717) is 33.9 Å². The van der Waals surface area contributed by atoms with Gasteiger partial charge in [-0.3, -0.25) is 0 Å². The summed E-state index contributed by atoms with van der Waals surface area (Å²) in [5.74, 6) is 2.09. The van der Waals surface area contributed by atoms with Crippen LogP contribution in [0.4, 0.5) is 17.1 Å². The van der Waals surface area contributed by atoms with Gasteiger partial charge in [0.05, 0.1) is 16.3 Å². The van der Waals surface area contributed by atoms with E-state index in [1.54, 1.807) is 0 Å². The van der Waals surface area contributed by atoms with Crippen LogP contribution in [0.1, 0.15) is 128 Å². The van der Waals surface area contributed by atoms with Crippen LogP contribution in [0.2, 0.25) is 5.02 Å². The lowest BCUT2D eigenvalue weighted by atomic mass is 9.75. The van der Waals surface area contributed by atoms with E-state index in [-0.39, 0.29) is 5.97 Å². The van der Waals surface area contributed by atoms with Crippen LogP contribution in [0.25, 0.3) is 0 Å². The molecule has 2 fully saturated rings. The van der Waals surface area contributed by atoms with Crippen LogP contribution >= 0.6 is 11.6 Å². The molecule has 1 unspecified atom stereocenters. The normalized spacial score (nSPS) is 20.4. The highest BCUT2D eigenvalue weighted by molar-refractivity contribution is 6.33. The molecule has 0 aromatic heterocycles. The molecule has 2 aliphatic heterocycles. The van der Waals surface area contributed by atoms with Crippen molar-refractivity contribution in [3.8, 4) is 11.5 Å². The first-order valence-electron chi connectivity index (χ1n) is 18.2. The fourth-order valence-corrected chi connectivity index (χ4v) is 9.22. The Morgan fingerprint density at radius 2 is 1.46 bits per heavy atom. The third-order valence-corrected chi connectivity index (χ3v) is 11.7. The van der Waals surface area contributed by atoms with Crippen molar-refractivity contribution in [2.75, 3.05) is 23.3 Å². The van der Waals surface area contributed by atoms with Gasteiger partial charge in [0.25, 0.3) is 0 Å². The summed E-state index contributed by atoms with van der Waals surface area (Å²) in [4.78, 5) is 15.8. The molecule has 2 saturated carbocycles. The molecule has 1 N–H and O–H groups in total. The van der Waals surface area contributed by atoms with E-state index in [1.807, 2.05) is 30.3 Å². The zero-order valence-electron chi connectivity index (χ0n) is 28.1. The summed E-state index contributed by atoms with van der Waals surface area (Å²) >= 11 is 7.16. The minimum absolute atomic E-state index is 0.332. The second-order valence-corrected chi connectivity index (χ2v) is 14.4. The first-order chi connectivity index (χ1) is 23.5. The number of anilines is 3. The number of hydrogen-bond acceptors (Lipinski definition) is 5. The SMILES string of the molecule is CCN(CC)c1ccc2c(c1)Oc1cc(Cl)c(Nc3cccc(C4CCCCC4)c3C3CCCCC3)cc1C21OC(=O)c2ccccc21. The van der Waals surface area contributed by atoms with Crippen molar-refractivity contribution in [2.45, 2.75) is 95.5 Å². The van der Waals surface area contributed by atoms with Crippen LogP contribution in [0.5, 0.6) is 11.5 Å². The monoisotopic (exact) mass is 660 g/mol. The summed E-state index contributed by atoms with van der Waals surface area (Å²) in [7, 11) is 0. The Kier molecular flexibility index (Phi) is 8.36. The lowest BCUT2D eigenvalue weighted by Crippen LogP contribution is -2.33. The van der Waals surface area contributed by atoms with E-state index in [0.717, 1.165) is 46.8 Å². The minimum atomic E-state index is -1.16. The van der Waals surface area contributed by atoms with Gasteiger partial charge in [0.2, 0.25) is 0 Å². The van der Waals surface area contributed by atoms with E-state index in [4.69, 9.17) is 21.1 Å². The van der Waals surface area contributed by atoms with Crippen LogP contribution < -0.4 is 15.0 Å². The number of carbonyl (C=O) groups is 1. The van der Waals surface area contributed by atoms with Gasteiger partial charge >= 0.3 is 5.97 Å². The molecule has 2 heterocycles. The molecular formula is C42H45ClN2O3. The second kappa shape index (κ2) is 12.8. The zero-order valence-corrected chi connectivity index (χ0v) is 28.9. The molecule has 0 bridgehead atoms. The summed E-state index contributed by atoms with van der Waals surface area (Å²) in [6.07, 6.45) is 12.8. The number of nitrogens with one attached hydrogen (secondary N) is 1. The van der Waals surface area contributed by atoms with Crippen molar-refractivity contribution in [3.05, 3.63) is 111 Å². The fraction of sp³-hybridized carbons (Fsp3) is 0.405. The number of benzene rings is 4. The number of esters is 1. The Morgan fingerprint density at radius 3 is 2.21 bits per heavy atom. The molecule has 4 aromatic carbocycles. The maximum atomic E-state index is 13.6. The van der Waals surface area contributed by atoms with E-state index >= 15 is 0 Å².